The fourth-order valence-corrected chi connectivity index (χ4v) is 3.13. The maximum absolute atomic E-state index is 13.2. The molecule has 1 aromatic carbocycles. The highest BCUT2D eigenvalue weighted by Crippen LogP contribution is 2.24. The van der Waals surface area contributed by atoms with Crippen LogP contribution < -0.4 is 10.5 Å². The molecule has 0 saturated carbocycles. The summed E-state index contributed by atoms with van der Waals surface area (Å²) in [6.45, 7) is 0. The standard InChI is InChI=1S/C9H8FN3O2S2/c10-6-2-1-3-7(8(6)11)17(14,15)13-9-12-4-5-16-9/h1-5H,11H2,(H,12,13). The number of hydrogen-bond donors (Lipinski definition) is 2. The second-order valence-corrected chi connectivity index (χ2v) is 5.64. The molecule has 0 saturated heterocycles. The minimum atomic E-state index is -3.90. The molecule has 17 heavy (non-hydrogen) atoms. The van der Waals surface area contributed by atoms with Crippen LogP contribution in [0, 0.1) is 5.82 Å². The van der Waals surface area contributed by atoms with Crippen molar-refractivity contribution in [2.45, 2.75) is 4.90 Å². The number of aromatic nitrogens is 1. The van der Waals surface area contributed by atoms with Crippen molar-refractivity contribution in [3.63, 3.8) is 0 Å². The summed E-state index contributed by atoms with van der Waals surface area (Å²) < 4.78 is 39.1. The third-order valence-electron chi connectivity index (χ3n) is 1.96. The van der Waals surface area contributed by atoms with Crippen LogP contribution in [0.15, 0.2) is 34.7 Å². The predicted molar refractivity (Wildman–Crippen MR) is 63.7 cm³/mol. The molecule has 5 nitrogen and oxygen atoms in total. The van der Waals surface area contributed by atoms with E-state index >= 15 is 0 Å². The maximum atomic E-state index is 13.2. The summed E-state index contributed by atoms with van der Waals surface area (Å²) in [7, 11) is -3.90. The molecule has 0 aliphatic heterocycles. The molecule has 0 radical (unpaired) electrons. The Bertz CT molecular complexity index is 626. The number of benzene rings is 1. The van der Waals surface area contributed by atoms with Gasteiger partial charge < -0.3 is 5.73 Å². The van der Waals surface area contributed by atoms with E-state index in [1.807, 2.05) is 0 Å². The molecule has 1 heterocycles. The Kier molecular flexibility index (Phi) is 2.99. The summed E-state index contributed by atoms with van der Waals surface area (Å²) >= 11 is 1.12. The molecular weight excluding hydrogens is 265 g/mol. The first-order valence-corrected chi connectivity index (χ1v) is 6.83. The molecule has 3 N–H and O–H groups in total. The fraction of sp³-hybridized carbons (Fsp3) is 0. The zero-order valence-corrected chi connectivity index (χ0v) is 10.1. The minimum Gasteiger partial charge on any atom is -0.395 e. The van der Waals surface area contributed by atoms with E-state index in [0.29, 0.717) is 0 Å². The second-order valence-electron chi connectivity index (χ2n) is 3.09. The van der Waals surface area contributed by atoms with Crippen molar-refractivity contribution in [2.24, 2.45) is 0 Å². The monoisotopic (exact) mass is 273 g/mol. The van der Waals surface area contributed by atoms with Crippen LogP contribution >= 0.6 is 11.3 Å². The van der Waals surface area contributed by atoms with E-state index in [0.717, 1.165) is 17.4 Å². The molecule has 0 unspecified atom stereocenters. The first-order valence-electron chi connectivity index (χ1n) is 4.47. The van der Waals surface area contributed by atoms with Gasteiger partial charge in [-0.3, -0.25) is 4.72 Å². The van der Waals surface area contributed by atoms with Gasteiger partial charge in [0.2, 0.25) is 0 Å². The lowest BCUT2D eigenvalue weighted by molar-refractivity contribution is 0.597. The number of nitrogens with zero attached hydrogens (tertiary/aromatic N) is 1. The summed E-state index contributed by atoms with van der Waals surface area (Å²) in [6.07, 6.45) is 1.46. The lowest BCUT2D eigenvalue weighted by atomic mass is 10.3. The van der Waals surface area contributed by atoms with Gasteiger partial charge in [0.1, 0.15) is 10.7 Å². The summed E-state index contributed by atoms with van der Waals surface area (Å²) in [5, 5.41) is 1.82. The van der Waals surface area contributed by atoms with Crippen LogP contribution in [0.4, 0.5) is 15.2 Å². The Hall–Kier alpha value is -1.67. The van der Waals surface area contributed by atoms with Gasteiger partial charge in [0, 0.05) is 11.6 Å². The van der Waals surface area contributed by atoms with Crippen LogP contribution in [0.25, 0.3) is 0 Å². The molecule has 0 aliphatic rings. The number of halogens is 1. The Balaban J connectivity index is 2.42. The predicted octanol–water partition coefficient (Wildman–Crippen LogP) is 1.67. The molecule has 0 bridgehead atoms. The van der Waals surface area contributed by atoms with E-state index in [2.05, 4.69) is 9.71 Å². The van der Waals surface area contributed by atoms with E-state index in [4.69, 9.17) is 5.73 Å². The Labute approximate surface area is 101 Å². The van der Waals surface area contributed by atoms with Gasteiger partial charge in [0.25, 0.3) is 10.0 Å². The molecule has 0 aliphatic carbocycles. The van der Waals surface area contributed by atoms with Crippen LogP contribution in [-0.2, 0) is 10.0 Å². The quantitative estimate of drug-likeness (QED) is 0.833. The van der Waals surface area contributed by atoms with E-state index in [1.165, 1.54) is 18.3 Å². The third-order valence-corrected chi connectivity index (χ3v) is 4.17. The molecule has 2 rings (SSSR count). The van der Waals surface area contributed by atoms with E-state index in [9.17, 15) is 12.8 Å². The zero-order chi connectivity index (χ0) is 12.5. The lowest BCUT2D eigenvalue weighted by Gasteiger charge is -2.08. The average molecular weight is 273 g/mol. The maximum Gasteiger partial charge on any atom is 0.265 e. The van der Waals surface area contributed by atoms with Crippen molar-refractivity contribution in [2.75, 3.05) is 10.5 Å². The number of para-hydroxylation sites is 1. The highest BCUT2D eigenvalue weighted by Gasteiger charge is 2.20. The lowest BCUT2D eigenvalue weighted by Crippen LogP contribution is -2.15. The normalized spacial score (nSPS) is 11.4. The second kappa shape index (κ2) is 4.30. The number of hydrogen-bond acceptors (Lipinski definition) is 5. The van der Waals surface area contributed by atoms with Gasteiger partial charge in [-0.25, -0.2) is 17.8 Å². The number of nitrogens with two attached hydrogens (primary N) is 1. The smallest absolute Gasteiger partial charge is 0.265 e. The van der Waals surface area contributed by atoms with Crippen LogP contribution in [0.5, 0.6) is 0 Å². The molecule has 8 heteroatoms. The SMILES string of the molecule is Nc1c(F)cccc1S(=O)(=O)Nc1nccs1. The van der Waals surface area contributed by atoms with Crippen LogP contribution in [0.1, 0.15) is 0 Å². The summed E-state index contributed by atoms with van der Waals surface area (Å²) in [4.78, 5) is 3.47. The number of nitrogens with one attached hydrogen (secondary N) is 1. The number of rotatable bonds is 3. The third kappa shape index (κ3) is 2.37. The summed E-state index contributed by atoms with van der Waals surface area (Å²) in [5.41, 5.74) is 4.98. The zero-order valence-electron chi connectivity index (χ0n) is 8.42. The molecule has 90 valence electrons. The van der Waals surface area contributed by atoms with Crippen molar-refractivity contribution in [3.8, 4) is 0 Å². The molecule has 2 aromatic rings. The van der Waals surface area contributed by atoms with Crippen LogP contribution in [0.3, 0.4) is 0 Å². The van der Waals surface area contributed by atoms with Gasteiger partial charge in [-0.1, -0.05) is 6.07 Å². The summed E-state index contributed by atoms with van der Waals surface area (Å²) in [5.74, 6) is -0.771. The van der Waals surface area contributed by atoms with Crippen LogP contribution in [-0.4, -0.2) is 13.4 Å². The average Bonchev–Trinajstić information content (AvgIpc) is 2.73. The van der Waals surface area contributed by atoms with Crippen molar-refractivity contribution in [1.82, 2.24) is 4.98 Å². The molecular formula is C9H8FN3O2S2. The molecule has 0 fully saturated rings. The van der Waals surface area contributed by atoms with Gasteiger partial charge in [0.05, 0.1) is 5.69 Å². The number of sulfonamides is 1. The highest BCUT2D eigenvalue weighted by molar-refractivity contribution is 7.93. The molecule has 0 atom stereocenters. The molecule has 0 amide bonds. The van der Waals surface area contributed by atoms with E-state index < -0.39 is 21.5 Å². The Morgan fingerprint density at radius 2 is 2.18 bits per heavy atom. The van der Waals surface area contributed by atoms with E-state index in [1.54, 1.807) is 5.38 Å². The number of nitrogen functional groups attached to an aromatic ring is 1. The van der Waals surface area contributed by atoms with Gasteiger partial charge in [0.15, 0.2) is 5.13 Å². The molecule has 0 spiro atoms. The number of anilines is 2. The van der Waals surface area contributed by atoms with Crippen molar-refractivity contribution in [1.29, 1.82) is 0 Å². The van der Waals surface area contributed by atoms with Gasteiger partial charge in [-0.15, -0.1) is 11.3 Å². The van der Waals surface area contributed by atoms with Gasteiger partial charge >= 0.3 is 0 Å². The molecule has 1 aromatic heterocycles. The van der Waals surface area contributed by atoms with Crippen molar-refractivity contribution < 1.29 is 12.8 Å². The van der Waals surface area contributed by atoms with Crippen molar-refractivity contribution in [3.05, 3.63) is 35.6 Å². The first kappa shape index (κ1) is 11.8. The van der Waals surface area contributed by atoms with Gasteiger partial charge in [-0.2, -0.15) is 0 Å². The summed E-state index contributed by atoms with van der Waals surface area (Å²) in [6, 6.07) is 3.61. The van der Waals surface area contributed by atoms with Crippen molar-refractivity contribution >= 4 is 32.2 Å². The topological polar surface area (TPSA) is 85.1 Å². The number of thiazole rings is 1. The van der Waals surface area contributed by atoms with E-state index in [-0.39, 0.29) is 10.0 Å². The fourth-order valence-electron chi connectivity index (χ4n) is 1.20. The minimum absolute atomic E-state index is 0.202. The largest absolute Gasteiger partial charge is 0.395 e. The highest BCUT2D eigenvalue weighted by atomic mass is 32.2. The Morgan fingerprint density at radius 1 is 1.41 bits per heavy atom. The van der Waals surface area contributed by atoms with Gasteiger partial charge in [-0.05, 0) is 12.1 Å². The van der Waals surface area contributed by atoms with Crippen LogP contribution in [0.2, 0.25) is 0 Å². The Morgan fingerprint density at radius 3 is 2.82 bits per heavy atom. The first-order chi connectivity index (χ1) is 8.00.